The Hall–Kier alpha value is -3.58. The van der Waals surface area contributed by atoms with Crippen molar-refractivity contribution in [2.24, 2.45) is 0 Å². The van der Waals surface area contributed by atoms with Crippen molar-refractivity contribution in [1.29, 1.82) is 0 Å². The quantitative estimate of drug-likeness (QED) is 0.577. The number of urea groups is 1. The average molecular weight is 479 g/mol. The first-order chi connectivity index (χ1) is 16.3. The zero-order valence-electron chi connectivity index (χ0n) is 19.2. The van der Waals surface area contributed by atoms with Gasteiger partial charge in [-0.05, 0) is 41.3 Å². The van der Waals surface area contributed by atoms with Crippen molar-refractivity contribution in [2.75, 3.05) is 25.0 Å². The summed E-state index contributed by atoms with van der Waals surface area (Å²) in [6.07, 6.45) is 1.60. The van der Waals surface area contributed by atoms with Crippen LogP contribution in [0.2, 0.25) is 5.02 Å². The second kappa shape index (κ2) is 9.73. The molecule has 2 heterocycles. The Morgan fingerprint density at radius 1 is 1.24 bits per heavy atom. The van der Waals surface area contributed by atoms with Gasteiger partial charge in [-0.15, -0.1) is 6.58 Å². The Bertz CT molecular complexity index is 1170. The molecule has 0 aromatic heterocycles. The first kappa shape index (κ1) is 23.6. The Morgan fingerprint density at radius 2 is 1.97 bits per heavy atom. The maximum absolute atomic E-state index is 13.4. The number of nitrogens with one attached hydrogen (secondary N) is 2. The van der Waals surface area contributed by atoms with Crippen molar-refractivity contribution in [2.45, 2.75) is 25.8 Å². The van der Waals surface area contributed by atoms with Crippen LogP contribution in [0.5, 0.6) is 0 Å². The van der Waals surface area contributed by atoms with Crippen molar-refractivity contribution >= 4 is 35.1 Å². The van der Waals surface area contributed by atoms with Crippen molar-refractivity contribution < 1.29 is 14.4 Å². The molecule has 0 saturated heterocycles. The van der Waals surface area contributed by atoms with Gasteiger partial charge in [0.2, 0.25) is 5.91 Å². The lowest BCUT2D eigenvalue weighted by Crippen LogP contribution is -2.47. The molecule has 176 valence electrons. The molecular formula is C26H27ClN4O3. The molecule has 4 amide bonds. The number of benzene rings is 2. The van der Waals surface area contributed by atoms with E-state index < -0.39 is 6.04 Å². The van der Waals surface area contributed by atoms with E-state index >= 15 is 0 Å². The van der Waals surface area contributed by atoms with Crippen LogP contribution >= 0.6 is 11.6 Å². The monoisotopic (exact) mass is 478 g/mol. The molecular weight excluding hydrogens is 452 g/mol. The number of carbonyl (C=O) groups is 3. The minimum absolute atomic E-state index is 0.129. The normalized spacial score (nSPS) is 17.7. The van der Waals surface area contributed by atoms with Crippen LogP contribution in [-0.4, -0.2) is 47.3 Å². The lowest BCUT2D eigenvalue weighted by atomic mass is 9.95. The Labute approximate surface area is 204 Å². The highest BCUT2D eigenvalue weighted by Crippen LogP contribution is 2.36. The molecule has 8 heteroatoms. The third kappa shape index (κ3) is 4.70. The molecule has 0 radical (unpaired) electrons. The predicted molar refractivity (Wildman–Crippen MR) is 132 cm³/mol. The third-order valence-corrected chi connectivity index (χ3v) is 6.22. The van der Waals surface area contributed by atoms with Crippen molar-refractivity contribution in [3.8, 4) is 0 Å². The molecule has 0 spiro atoms. The highest BCUT2D eigenvalue weighted by molar-refractivity contribution is 6.30. The molecule has 2 N–H and O–H groups in total. The van der Waals surface area contributed by atoms with Crippen LogP contribution in [-0.2, 0) is 9.59 Å². The van der Waals surface area contributed by atoms with E-state index in [0.717, 1.165) is 0 Å². The van der Waals surface area contributed by atoms with Gasteiger partial charge < -0.3 is 15.5 Å². The van der Waals surface area contributed by atoms with Gasteiger partial charge in [0.1, 0.15) is 6.54 Å². The molecule has 4 rings (SSSR count). The summed E-state index contributed by atoms with van der Waals surface area (Å²) in [6, 6.07) is 13.7. The van der Waals surface area contributed by atoms with Crippen molar-refractivity contribution in [3.63, 3.8) is 0 Å². The number of hydrogen-bond donors (Lipinski definition) is 2. The fourth-order valence-corrected chi connectivity index (χ4v) is 4.46. The topological polar surface area (TPSA) is 81.8 Å². The van der Waals surface area contributed by atoms with Crippen LogP contribution in [0.4, 0.5) is 10.5 Å². The Morgan fingerprint density at radius 3 is 2.62 bits per heavy atom. The molecule has 0 aliphatic carbocycles. The van der Waals surface area contributed by atoms with Crippen LogP contribution in [0.25, 0.3) is 0 Å². The minimum atomic E-state index is -0.647. The van der Waals surface area contributed by atoms with Gasteiger partial charge in [-0.1, -0.05) is 55.8 Å². The third-order valence-electron chi connectivity index (χ3n) is 5.99. The van der Waals surface area contributed by atoms with Gasteiger partial charge >= 0.3 is 6.03 Å². The van der Waals surface area contributed by atoms with Gasteiger partial charge in [-0.25, -0.2) is 4.79 Å². The zero-order chi connectivity index (χ0) is 24.4. The molecule has 0 bridgehead atoms. The summed E-state index contributed by atoms with van der Waals surface area (Å²) < 4.78 is 0. The zero-order valence-corrected chi connectivity index (χ0v) is 19.9. The van der Waals surface area contributed by atoms with Crippen molar-refractivity contribution in [3.05, 3.63) is 88.6 Å². The van der Waals surface area contributed by atoms with Gasteiger partial charge in [-0.2, -0.15) is 0 Å². The number of anilines is 1. The highest BCUT2D eigenvalue weighted by Gasteiger charge is 2.44. The number of hydrogen-bond acceptors (Lipinski definition) is 3. The largest absolute Gasteiger partial charge is 0.326 e. The first-order valence-electron chi connectivity index (χ1n) is 11.1. The number of nitrogens with zero attached hydrogens (tertiary/aromatic N) is 2. The summed E-state index contributed by atoms with van der Waals surface area (Å²) in [7, 11) is 0. The van der Waals surface area contributed by atoms with E-state index in [1.165, 1.54) is 15.4 Å². The molecule has 2 aliphatic heterocycles. The molecule has 0 saturated carbocycles. The smallest absolute Gasteiger partial charge is 0.322 e. The van der Waals surface area contributed by atoms with E-state index in [4.69, 9.17) is 11.6 Å². The standard InChI is InChI=1S/C26H27ClN4O3/c1-4-12-31-21-14-30(15-22(32)28-20-10-8-17(9-11-20)16(2)3)25(33)23(21)24(29-26(31)34)18-6-5-7-19(27)13-18/h4-11,13,16,24H,1,12,14-15H2,2-3H3,(H,28,32)(H,29,34). The van der Waals surface area contributed by atoms with Gasteiger partial charge in [0.15, 0.2) is 0 Å². The van der Waals surface area contributed by atoms with Gasteiger partial charge in [0, 0.05) is 17.3 Å². The summed E-state index contributed by atoms with van der Waals surface area (Å²) in [5, 5.41) is 6.26. The van der Waals surface area contributed by atoms with E-state index in [0.29, 0.717) is 33.5 Å². The van der Waals surface area contributed by atoms with E-state index in [2.05, 4.69) is 31.1 Å². The highest BCUT2D eigenvalue weighted by atomic mass is 35.5. The lowest BCUT2D eigenvalue weighted by Gasteiger charge is -2.33. The summed E-state index contributed by atoms with van der Waals surface area (Å²) in [5.74, 6) is -0.203. The first-order valence-corrected chi connectivity index (χ1v) is 11.5. The van der Waals surface area contributed by atoms with E-state index in [9.17, 15) is 14.4 Å². The summed E-state index contributed by atoms with van der Waals surface area (Å²) in [6.45, 7) is 8.21. The molecule has 34 heavy (non-hydrogen) atoms. The number of carbonyl (C=O) groups excluding carboxylic acids is 3. The van der Waals surface area contributed by atoms with E-state index in [1.54, 1.807) is 24.3 Å². The predicted octanol–water partition coefficient (Wildman–Crippen LogP) is 4.45. The molecule has 1 atom stereocenters. The van der Waals surface area contributed by atoms with Gasteiger partial charge in [-0.3, -0.25) is 14.5 Å². The average Bonchev–Trinajstić information content (AvgIpc) is 3.11. The molecule has 7 nitrogen and oxygen atoms in total. The Balaban J connectivity index is 1.55. The van der Waals surface area contributed by atoms with Crippen LogP contribution in [0.1, 0.15) is 36.9 Å². The van der Waals surface area contributed by atoms with Gasteiger partial charge in [0.25, 0.3) is 5.91 Å². The minimum Gasteiger partial charge on any atom is -0.326 e. The fourth-order valence-electron chi connectivity index (χ4n) is 4.26. The van der Waals surface area contributed by atoms with Gasteiger partial charge in [0.05, 0.1) is 23.9 Å². The number of rotatable bonds is 7. The van der Waals surface area contributed by atoms with E-state index in [1.807, 2.05) is 30.3 Å². The molecule has 1 unspecified atom stereocenters. The van der Waals surface area contributed by atoms with Crippen molar-refractivity contribution in [1.82, 2.24) is 15.1 Å². The molecule has 2 aliphatic rings. The second-order valence-corrected chi connectivity index (χ2v) is 9.12. The molecule has 2 aromatic carbocycles. The maximum Gasteiger partial charge on any atom is 0.322 e. The van der Waals surface area contributed by atoms with Crippen LogP contribution in [0.3, 0.4) is 0 Å². The van der Waals surface area contributed by atoms with Crippen LogP contribution in [0.15, 0.2) is 72.5 Å². The summed E-state index contributed by atoms with van der Waals surface area (Å²) in [4.78, 5) is 42.0. The lowest BCUT2D eigenvalue weighted by molar-refractivity contribution is -0.130. The summed E-state index contributed by atoms with van der Waals surface area (Å²) >= 11 is 6.16. The number of halogens is 1. The Kier molecular flexibility index (Phi) is 6.75. The molecule has 0 fully saturated rings. The number of amides is 4. The van der Waals surface area contributed by atoms with E-state index in [-0.39, 0.29) is 37.5 Å². The maximum atomic E-state index is 13.4. The van der Waals surface area contributed by atoms with Crippen LogP contribution < -0.4 is 10.6 Å². The SMILES string of the molecule is C=CCN1C(=O)NC(c2cccc(Cl)c2)C2=C1CN(CC(=O)Nc1ccc(C(C)C)cc1)C2=O. The second-order valence-electron chi connectivity index (χ2n) is 8.68. The molecule has 2 aromatic rings. The van der Waals surface area contributed by atoms with Crippen LogP contribution in [0, 0.1) is 0 Å². The summed E-state index contributed by atoms with van der Waals surface area (Å²) in [5.41, 5.74) is 3.57. The fraction of sp³-hybridized carbons (Fsp3) is 0.269.